The molecule has 1 fully saturated rings. The number of pyridine rings is 2. The molecule has 120 valence electrons. The van der Waals surface area contributed by atoms with Crippen LogP contribution in [0.1, 0.15) is 34.5 Å². The summed E-state index contributed by atoms with van der Waals surface area (Å²) in [5.74, 6) is 0.0466. The number of aromatic nitrogens is 2. The normalized spacial score (nSPS) is 18.0. The summed E-state index contributed by atoms with van der Waals surface area (Å²) in [6.45, 7) is 3.81. The number of likely N-dealkylation sites (tertiary alicyclic amines) is 1. The van der Waals surface area contributed by atoms with E-state index in [0.717, 1.165) is 30.6 Å². The van der Waals surface area contributed by atoms with Crippen LogP contribution in [0.3, 0.4) is 0 Å². The van der Waals surface area contributed by atoms with Crippen LogP contribution in [0.15, 0.2) is 42.9 Å². The van der Waals surface area contributed by atoms with Gasteiger partial charge in [-0.25, -0.2) is 0 Å². The molecule has 0 N–H and O–H groups in total. The lowest BCUT2D eigenvalue weighted by molar-refractivity contribution is -0.00684. The van der Waals surface area contributed by atoms with Gasteiger partial charge in [0, 0.05) is 37.4 Å². The molecule has 2 aromatic rings. The van der Waals surface area contributed by atoms with Gasteiger partial charge in [0.1, 0.15) is 0 Å². The Bertz CT molecular complexity index is 660. The molecule has 1 atom stereocenters. The highest BCUT2D eigenvalue weighted by atomic mass is 16.5. The van der Waals surface area contributed by atoms with E-state index in [1.807, 2.05) is 36.2 Å². The van der Waals surface area contributed by atoms with E-state index in [2.05, 4.69) is 9.97 Å². The number of piperidine rings is 1. The van der Waals surface area contributed by atoms with E-state index < -0.39 is 0 Å². The fourth-order valence-electron chi connectivity index (χ4n) is 2.84. The highest BCUT2D eigenvalue weighted by Crippen LogP contribution is 2.18. The molecule has 1 aliphatic heterocycles. The van der Waals surface area contributed by atoms with Crippen LogP contribution in [0.25, 0.3) is 0 Å². The van der Waals surface area contributed by atoms with Gasteiger partial charge in [-0.1, -0.05) is 6.07 Å². The molecule has 3 rings (SSSR count). The highest BCUT2D eigenvalue weighted by Gasteiger charge is 2.25. The zero-order valence-corrected chi connectivity index (χ0v) is 13.3. The molecule has 5 heteroatoms. The van der Waals surface area contributed by atoms with Crippen molar-refractivity contribution in [3.63, 3.8) is 0 Å². The Labute approximate surface area is 136 Å². The van der Waals surface area contributed by atoms with Gasteiger partial charge in [-0.2, -0.15) is 0 Å². The van der Waals surface area contributed by atoms with E-state index in [9.17, 15) is 4.79 Å². The third-order valence-electron chi connectivity index (χ3n) is 4.11. The summed E-state index contributed by atoms with van der Waals surface area (Å²) in [5, 5.41) is 0. The molecular formula is C18H21N3O2. The van der Waals surface area contributed by atoms with Gasteiger partial charge < -0.3 is 9.64 Å². The zero-order valence-electron chi connectivity index (χ0n) is 13.3. The molecule has 5 nitrogen and oxygen atoms in total. The predicted octanol–water partition coefficient (Wildman–Crippen LogP) is 2.61. The first kappa shape index (κ1) is 15.6. The fraction of sp³-hybridized carbons (Fsp3) is 0.389. The van der Waals surface area contributed by atoms with E-state index in [0.29, 0.717) is 18.7 Å². The van der Waals surface area contributed by atoms with E-state index in [1.54, 1.807) is 18.5 Å². The molecule has 0 radical (unpaired) electrons. The van der Waals surface area contributed by atoms with Crippen LogP contribution in [0.4, 0.5) is 0 Å². The molecule has 0 spiro atoms. The summed E-state index contributed by atoms with van der Waals surface area (Å²) in [5.41, 5.74) is 2.51. The van der Waals surface area contributed by atoms with Gasteiger partial charge >= 0.3 is 0 Å². The van der Waals surface area contributed by atoms with Gasteiger partial charge in [0.15, 0.2) is 0 Å². The summed E-state index contributed by atoms with van der Waals surface area (Å²) in [7, 11) is 0. The average molecular weight is 311 g/mol. The number of ether oxygens (including phenoxy) is 1. The Morgan fingerprint density at radius 2 is 2.22 bits per heavy atom. The first-order valence-corrected chi connectivity index (χ1v) is 7.95. The molecule has 3 heterocycles. The second-order valence-electron chi connectivity index (χ2n) is 5.82. The summed E-state index contributed by atoms with van der Waals surface area (Å²) in [6.07, 6.45) is 7.29. The molecule has 1 saturated heterocycles. The molecule has 1 unspecified atom stereocenters. The number of hydrogen-bond acceptors (Lipinski definition) is 4. The Balaban J connectivity index is 1.60. The topological polar surface area (TPSA) is 55.3 Å². The minimum Gasteiger partial charge on any atom is -0.372 e. The van der Waals surface area contributed by atoms with Crippen molar-refractivity contribution in [2.24, 2.45) is 0 Å². The molecule has 0 aromatic carbocycles. The van der Waals surface area contributed by atoms with E-state index >= 15 is 0 Å². The predicted molar refractivity (Wildman–Crippen MR) is 86.9 cm³/mol. The number of carbonyl (C=O) groups is 1. The van der Waals surface area contributed by atoms with Crippen molar-refractivity contribution in [1.29, 1.82) is 0 Å². The maximum atomic E-state index is 12.7. The third-order valence-corrected chi connectivity index (χ3v) is 4.11. The quantitative estimate of drug-likeness (QED) is 0.871. The average Bonchev–Trinajstić information content (AvgIpc) is 2.61. The van der Waals surface area contributed by atoms with Crippen molar-refractivity contribution in [3.05, 3.63) is 59.7 Å². The largest absolute Gasteiger partial charge is 0.372 e. The van der Waals surface area contributed by atoms with Crippen molar-refractivity contribution in [3.8, 4) is 0 Å². The molecule has 0 aliphatic carbocycles. The minimum absolute atomic E-state index is 0.0466. The first-order chi connectivity index (χ1) is 11.2. The molecule has 2 aromatic heterocycles. The molecule has 1 amide bonds. The smallest absolute Gasteiger partial charge is 0.255 e. The lowest BCUT2D eigenvalue weighted by Gasteiger charge is -2.33. The standard InChI is InChI=1S/C18H21N3O2/c1-14-17(7-3-9-20-14)18(22)21-10-4-6-16(12-21)23-13-15-5-2-8-19-11-15/h2-3,5,7-9,11,16H,4,6,10,12-13H2,1H3. The summed E-state index contributed by atoms with van der Waals surface area (Å²) < 4.78 is 5.97. The number of amides is 1. The Hall–Kier alpha value is -2.27. The number of rotatable bonds is 4. The maximum Gasteiger partial charge on any atom is 0.255 e. The van der Waals surface area contributed by atoms with Gasteiger partial charge in [-0.3, -0.25) is 14.8 Å². The van der Waals surface area contributed by atoms with Crippen LogP contribution in [0, 0.1) is 6.92 Å². The lowest BCUT2D eigenvalue weighted by atomic mass is 10.1. The molecule has 1 aliphatic rings. The van der Waals surface area contributed by atoms with Crippen LogP contribution in [-0.2, 0) is 11.3 Å². The number of aryl methyl sites for hydroxylation is 1. The molecule has 0 bridgehead atoms. The molecular weight excluding hydrogens is 290 g/mol. The van der Waals surface area contributed by atoms with Crippen LogP contribution < -0.4 is 0 Å². The van der Waals surface area contributed by atoms with Crippen molar-refractivity contribution >= 4 is 5.91 Å². The summed E-state index contributed by atoms with van der Waals surface area (Å²) >= 11 is 0. The van der Waals surface area contributed by atoms with Gasteiger partial charge in [0.05, 0.1) is 18.3 Å². The van der Waals surface area contributed by atoms with Crippen LogP contribution in [-0.4, -0.2) is 40.0 Å². The number of hydrogen-bond donors (Lipinski definition) is 0. The second kappa shape index (κ2) is 7.33. The maximum absolute atomic E-state index is 12.7. The SMILES string of the molecule is Cc1ncccc1C(=O)N1CCCC(OCc2cccnc2)C1. The van der Waals surface area contributed by atoms with Crippen molar-refractivity contribution in [2.45, 2.75) is 32.5 Å². The van der Waals surface area contributed by atoms with Gasteiger partial charge in [0.2, 0.25) is 0 Å². The summed E-state index contributed by atoms with van der Waals surface area (Å²) in [4.78, 5) is 22.8. The van der Waals surface area contributed by atoms with E-state index in [-0.39, 0.29) is 12.0 Å². The first-order valence-electron chi connectivity index (χ1n) is 7.95. The van der Waals surface area contributed by atoms with Crippen LogP contribution in [0.5, 0.6) is 0 Å². The lowest BCUT2D eigenvalue weighted by Crippen LogP contribution is -2.43. The van der Waals surface area contributed by atoms with Crippen LogP contribution >= 0.6 is 0 Å². The number of carbonyl (C=O) groups excluding carboxylic acids is 1. The molecule has 23 heavy (non-hydrogen) atoms. The van der Waals surface area contributed by atoms with Gasteiger partial charge in [0.25, 0.3) is 5.91 Å². The van der Waals surface area contributed by atoms with Crippen molar-refractivity contribution < 1.29 is 9.53 Å². The molecule has 0 saturated carbocycles. The van der Waals surface area contributed by atoms with Crippen molar-refractivity contribution in [2.75, 3.05) is 13.1 Å². The summed E-state index contributed by atoms with van der Waals surface area (Å²) in [6, 6.07) is 7.55. The highest BCUT2D eigenvalue weighted by molar-refractivity contribution is 5.95. The Morgan fingerprint density at radius 3 is 3.00 bits per heavy atom. The third kappa shape index (κ3) is 3.93. The second-order valence-corrected chi connectivity index (χ2v) is 5.82. The Kier molecular flexibility index (Phi) is 4.98. The van der Waals surface area contributed by atoms with Crippen LogP contribution in [0.2, 0.25) is 0 Å². The van der Waals surface area contributed by atoms with Gasteiger partial charge in [-0.05, 0) is 43.5 Å². The van der Waals surface area contributed by atoms with Crippen molar-refractivity contribution in [1.82, 2.24) is 14.9 Å². The fourth-order valence-corrected chi connectivity index (χ4v) is 2.84. The van der Waals surface area contributed by atoms with E-state index in [1.165, 1.54) is 0 Å². The minimum atomic E-state index is 0.0466. The van der Waals surface area contributed by atoms with E-state index in [4.69, 9.17) is 4.74 Å². The monoisotopic (exact) mass is 311 g/mol. The number of nitrogens with zero attached hydrogens (tertiary/aromatic N) is 3. The zero-order chi connectivity index (χ0) is 16.1. The van der Waals surface area contributed by atoms with Gasteiger partial charge in [-0.15, -0.1) is 0 Å². The Morgan fingerprint density at radius 1 is 1.35 bits per heavy atom.